The standard InChI is InChI=1S/C19H24N2O2/c1-21(2)14-18(12-15-7-4-3-5-8-15)20-13-16-9-6-10-17(11-16)19(22)23/h3-11,18,20H,12-14H2,1-2H3,(H,22,23). The van der Waals surface area contributed by atoms with Crippen LogP contribution in [0, 0.1) is 0 Å². The Morgan fingerprint density at radius 3 is 2.43 bits per heavy atom. The third kappa shape index (κ3) is 5.85. The summed E-state index contributed by atoms with van der Waals surface area (Å²) in [6.45, 7) is 1.58. The Morgan fingerprint density at radius 2 is 1.78 bits per heavy atom. The minimum atomic E-state index is -0.888. The zero-order valence-electron chi connectivity index (χ0n) is 13.7. The van der Waals surface area contributed by atoms with Crippen molar-refractivity contribution < 1.29 is 9.90 Å². The molecule has 0 fully saturated rings. The maximum Gasteiger partial charge on any atom is 0.335 e. The summed E-state index contributed by atoms with van der Waals surface area (Å²) in [5, 5.41) is 12.6. The molecule has 2 aromatic rings. The molecule has 122 valence electrons. The number of nitrogens with zero attached hydrogens (tertiary/aromatic N) is 1. The quantitative estimate of drug-likeness (QED) is 0.787. The third-order valence-electron chi connectivity index (χ3n) is 3.68. The first-order valence-corrected chi connectivity index (χ1v) is 7.79. The van der Waals surface area contributed by atoms with E-state index < -0.39 is 5.97 Å². The summed E-state index contributed by atoms with van der Waals surface area (Å²) in [7, 11) is 4.12. The molecule has 4 heteroatoms. The number of hydrogen-bond acceptors (Lipinski definition) is 3. The highest BCUT2D eigenvalue weighted by atomic mass is 16.4. The lowest BCUT2D eigenvalue weighted by molar-refractivity contribution is 0.0696. The second kappa shape index (κ2) is 8.46. The van der Waals surface area contributed by atoms with Crippen molar-refractivity contribution in [3.8, 4) is 0 Å². The molecule has 0 spiro atoms. The smallest absolute Gasteiger partial charge is 0.335 e. The summed E-state index contributed by atoms with van der Waals surface area (Å²) in [6, 6.07) is 17.8. The normalized spacial score (nSPS) is 12.3. The van der Waals surface area contributed by atoms with Gasteiger partial charge in [0.05, 0.1) is 5.56 Å². The first kappa shape index (κ1) is 17.2. The van der Waals surface area contributed by atoms with Crippen molar-refractivity contribution in [3.05, 3.63) is 71.3 Å². The van der Waals surface area contributed by atoms with Crippen LogP contribution in [0.1, 0.15) is 21.5 Å². The highest BCUT2D eigenvalue weighted by Gasteiger charge is 2.11. The van der Waals surface area contributed by atoms with Gasteiger partial charge in [0, 0.05) is 19.1 Å². The second-order valence-electron chi connectivity index (χ2n) is 6.04. The van der Waals surface area contributed by atoms with E-state index in [4.69, 9.17) is 5.11 Å². The highest BCUT2D eigenvalue weighted by molar-refractivity contribution is 5.87. The zero-order chi connectivity index (χ0) is 16.7. The van der Waals surface area contributed by atoms with Gasteiger partial charge in [-0.25, -0.2) is 4.79 Å². The number of hydrogen-bond donors (Lipinski definition) is 2. The molecule has 0 aliphatic rings. The number of likely N-dealkylation sites (N-methyl/N-ethyl adjacent to an activating group) is 1. The summed E-state index contributed by atoms with van der Waals surface area (Å²) in [4.78, 5) is 13.2. The predicted molar refractivity (Wildman–Crippen MR) is 92.7 cm³/mol. The van der Waals surface area contributed by atoms with Crippen LogP contribution in [0.25, 0.3) is 0 Å². The van der Waals surface area contributed by atoms with E-state index in [9.17, 15) is 4.79 Å². The molecule has 0 radical (unpaired) electrons. The Morgan fingerprint density at radius 1 is 1.09 bits per heavy atom. The van der Waals surface area contributed by atoms with Gasteiger partial charge in [0.25, 0.3) is 0 Å². The van der Waals surface area contributed by atoms with Crippen LogP contribution in [0.3, 0.4) is 0 Å². The Balaban J connectivity index is 2.00. The van der Waals surface area contributed by atoms with E-state index in [2.05, 4.69) is 48.6 Å². The summed E-state index contributed by atoms with van der Waals surface area (Å²) in [5.74, 6) is -0.888. The van der Waals surface area contributed by atoms with E-state index in [1.165, 1.54) is 5.56 Å². The van der Waals surface area contributed by atoms with Crippen LogP contribution in [0.4, 0.5) is 0 Å². The summed E-state index contributed by atoms with van der Waals surface area (Å²) < 4.78 is 0. The van der Waals surface area contributed by atoms with Gasteiger partial charge in [-0.15, -0.1) is 0 Å². The van der Waals surface area contributed by atoms with Crippen molar-refractivity contribution in [2.45, 2.75) is 19.0 Å². The van der Waals surface area contributed by atoms with Gasteiger partial charge in [-0.2, -0.15) is 0 Å². The van der Waals surface area contributed by atoms with Crippen molar-refractivity contribution in [3.63, 3.8) is 0 Å². The van der Waals surface area contributed by atoms with E-state index in [0.29, 0.717) is 18.2 Å². The number of benzene rings is 2. The van der Waals surface area contributed by atoms with Crippen LogP contribution in [-0.2, 0) is 13.0 Å². The minimum absolute atomic E-state index is 0.306. The molecule has 1 atom stereocenters. The van der Waals surface area contributed by atoms with Crippen molar-refractivity contribution >= 4 is 5.97 Å². The number of carboxylic acid groups (broad SMARTS) is 1. The second-order valence-corrected chi connectivity index (χ2v) is 6.04. The molecule has 0 aliphatic heterocycles. The molecule has 4 nitrogen and oxygen atoms in total. The predicted octanol–water partition coefficient (Wildman–Crippen LogP) is 2.65. The van der Waals surface area contributed by atoms with Crippen LogP contribution in [-0.4, -0.2) is 42.7 Å². The van der Waals surface area contributed by atoms with Crippen molar-refractivity contribution in [2.24, 2.45) is 0 Å². The van der Waals surface area contributed by atoms with Crippen molar-refractivity contribution in [2.75, 3.05) is 20.6 Å². The van der Waals surface area contributed by atoms with Crippen molar-refractivity contribution in [1.29, 1.82) is 0 Å². The molecule has 0 heterocycles. The molecule has 0 bridgehead atoms. The minimum Gasteiger partial charge on any atom is -0.478 e. The number of carbonyl (C=O) groups is 1. The largest absolute Gasteiger partial charge is 0.478 e. The molecular formula is C19H24N2O2. The Hall–Kier alpha value is -2.17. The van der Waals surface area contributed by atoms with Gasteiger partial charge in [-0.1, -0.05) is 42.5 Å². The van der Waals surface area contributed by atoms with Gasteiger partial charge >= 0.3 is 5.97 Å². The molecule has 2 aromatic carbocycles. The van der Waals surface area contributed by atoms with E-state index in [0.717, 1.165) is 18.5 Å². The van der Waals surface area contributed by atoms with Gasteiger partial charge in [0.2, 0.25) is 0 Å². The lowest BCUT2D eigenvalue weighted by Crippen LogP contribution is -2.39. The van der Waals surface area contributed by atoms with Gasteiger partial charge in [-0.05, 0) is 43.8 Å². The zero-order valence-corrected chi connectivity index (χ0v) is 13.7. The van der Waals surface area contributed by atoms with Gasteiger partial charge in [0.15, 0.2) is 0 Å². The van der Waals surface area contributed by atoms with E-state index >= 15 is 0 Å². The number of carboxylic acids is 1. The molecule has 23 heavy (non-hydrogen) atoms. The molecule has 1 unspecified atom stereocenters. The van der Waals surface area contributed by atoms with Crippen LogP contribution in [0.5, 0.6) is 0 Å². The SMILES string of the molecule is CN(C)CC(Cc1ccccc1)NCc1cccc(C(=O)O)c1. The van der Waals surface area contributed by atoms with E-state index in [-0.39, 0.29) is 0 Å². The number of aromatic carboxylic acids is 1. The maximum absolute atomic E-state index is 11.1. The van der Waals surface area contributed by atoms with E-state index in [1.807, 2.05) is 12.1 Å². The summed E-state index contributed by atoms with van der Waals surface area (Å²) in [5.41, 5.74) is 2.62. The third-order valence-corrected chi connectivity index (χ3v) is 3.68. The monoisotopic (exact) mass is 312 g/mol. The molecule has 0 aromatic heterocycles. The van der Waals surface area contributed by atoms with Gasteiger partial charge < -0.3 is 15.3 Å². The topological polar surface area (TPSA) is 52.6 Å². The van der Waals surface area contributed by atoms with Crippen LogP contribution < -0.4 is 5.32 Å². The molecule has 0 saturated carbocycles. The van der Waals surface area contributed by atoms with Crippen LogP contribution in [0.15, 0.2) is 54.6 Å². The maximum atomic E-state index is 11.1. The van der Waals surface area contributed by atoms with E-state index in [1.54, 1.807) is 18.2 Å². The molecule has 0 amide bonds. The summed E-state index contributed by atoms with van der Waals surface area (Å²) in [6.07, 6.45) is 0.942. The average Bonchev–Trinajstić information content (AvgIpc) is 2.53. The van der Waals surface area contributed by atoms with Gasteiger partial charge in [0.1, 0.15) is 0 Å². The molecule has 0 saturated heterocycles. The fourth-order valence-electron chi connectivity index (χ4n) is 2.62. The average molecular weight is 312 g/mol. The van der Waals surface area contributed by atoms with Crippen LogP contribution >= 0.6 is 0 Å². The Kier molecular flexibility index (Phi) is 6.32. The fourth-order valence-corrected chi connectivity index (χ4v) is 2.62. The van der Waals surface area contributed by atoms with Gasteiger partial charge in [-0.3, -0.25) is 0 Å². The molecule has 0 aliphatic carbocycles. The molecule has 2 rings (SSSR count). The highest BCUT2D eigenvalue weighted by Crippen LogP contribution is 2.08. The number of rotatable bonds is 8. The summed E-state index contributed by atoms with van der Waals surface area (Å²) >= 11 is 0. The molecule has 2 N–H and O–H groups in total. The number of nitrogens with one attached hydrogen (secondary N) is 1. The molecular weight excluding hydrogens is 288 g/mol. The lowest BCUT2D eigenvalue weighted by atomic mass is 10.0. The Bertz CT molecular complexity index is 626. The first-order chi connectivity index (χ1) is 11.0. The van der Waals surface area contributed by atoms with Crippen molar-refractivity contribution in [1.82, 2.24) is 10.2 Å². The first-order valence-electron chi connectivity index (χ1n) is 7.79. The lowest BCUT2D eigenvalue weighted by Gasteiger charge is -2.23. The van der Waals surface area contributed by atoms with Crippen LogP contribution in [0.2, 0.25) is 0 Å². The fraction of sp³-hybridized carbons (Fsp3) is 0.316. The Labute approximate surface area is 137 Å².